The summed E-state index contributed by atoms with van der Waals surface area (Å²) in [5.41, 5.74) is 5.48. The number of carbonyl (C=O) groups excluding carboxylic acids is 1. The van der Waals surface area contributed by atoms with E-state index in [1.807, 2.05) is 54.6 Å². The van der Waals surface area contributed by atoms with Gasteiger partial charge in [-0.1, -0.05) is 30.3 Å². The zero-order chi connectivity index (χ0) is 21.2. The second kappa shape index (κ2) is 10.5. The van der Waals surface area contributed by atoms with Crippen molar-refractivity contribution in [3.05, 3.63) is 90.0 Å². The van der Waals surface area contributed by atoms with Crippen molar-refractivity contribution in [2.45, 2.75) is 0 Å². The molecule has 0 fully saturated rings. The third-order valence-corrected chi connectivity index (χ3v) is 4.11. The lowest BCUT2D eigenvalue weighted by Crippen LogP contribution is -2.05. The van der Waals surface area contributed by atoms with Crippen LogP contribution in [0.3, 0.4) is 0 Å². The minimum absolute atomic E-state index is 0.329. The van der Waals surface area contributed by atoms with Crippen LogP contribution < -0.4 is 19.6 Å². The molecule has 6 heteroatoms. The van der Waals surface area contributed by atoms with Crippen molar-refractivity contribution >= 4 is 23.9 Å². The molecule has 0 aliphatic rings. The monoisotopic (exact) mass is 402 g/mol. The molecule has 3 aromatic rings. The van der Waals surface area contributed by atoms with E-state index < -0.39 is 5.97 Å². The van der Waals surface area contributed by atoms with E-state index in [1.54, 1.807) is 37.6 Å². The van der Waals surface area contributed by atoms with Gasteiger partial charge in [0, 0.05) is 6.08 Å². The van der Waals surface area contributed by atoms with Crippen molar-refractivity contribution in [1.82, 2.24) is 0 Å². The third kappa shape index (κ3) is 5.97. The first-order valence-electron chi connectivity index (χ1n) is 9.24. The standard InChI is InChI=1S/C24H22N2O4/c1-28-21-12-8-18(9-13-21)11-15-24(27)30-22-14-10-19(16-23(22)29-2)17-25-26-20-6-4-3-5-7-20/h3-17,26H,1-2H3. The molecule has 0 saturated heterocycles. The van der Waals surface area contributed by atoms with Gasteiger partial charge in [-0.25, -0.2) is 4.79 Å². The van der Waals surface area contributed by atoms with Crippen molar-refractivity contribution in [3.63, 3.8) is 0 Å². The van der Waals surface area contributed by atoms with Gasteiger partial charge in [0.25, 0.3) is 0 Å². The number of nitrogens with zero attached hydrogens (tertiary/aromatic N) is 1. The highest BCUT2D eigenvalue weighted by atomic mass is 16.6. The van der Waals surface area contributed by atoms with Crippen LogP contribution in [0.1, 0.15) is 11.1 Å². The van der Waals surface area contributed by atoms with Gasteiger partial charge < -0.3 is 14.2 Å². The lowest BCUT2D eigenvalue weighted by molar-refractivity contribution is -0.129. The molecule has 3 aromatic carbocycles. The van der Waals surface area contributed by atoms with E-state index in [9.17, 15) is 4.79 Å². The highest BCUT2D eigenvalue weighted by molar-refractivity contribution is 5.89. The predicted molar refractivity (Wildman–Crippen MR) is 118 cm³/mol. The molecule has 0 spiro atoms. The third-order valence-electron chi connectivity index (χ3n) is 4.11. The molecular formula is C24H22N2O4. The molecule has 0 unspecified atom stereocenters. The quantitative estimate of drug-likeness (QED) is 0.193. The fraction of sp³-hybridized carbons (Fsp3) is 0.0833. The Morgan fingerprint density at radius 3 is 2.30 bits per heavy atom. The number of para-hydroxylation sites is 1. The summed E-state index contributed by atoms with van der Waals surface area (Å²) in [7, 11) is 3.12. The van der Waals surface area contributed by atoms with Gasteiger partial charge in [-0.2, -0.15) is 5.10 Å². The number of rotatable bonds is 8. The number of methoxy groups -OCH3 is 2. The summed E-state index contributed by atoms with van der Waals surface area (Å²) in [6, 6.07) is 22.2. The molecule has 0 aromatic heterocycles. The van der Waals surface area contributed by atoms with Crippen LogP contribution in [0.5, 0.6) is 17.2 Å². The van der Waals surface area contributed by atoms with Gasteiger partial charge in [-0.3, -0.25) is 5.43 Å². The molecule has 0 heterocycles. The van der Waals surface area contributed by atoms with Gasteiger partial charge in [0.2, 0.25) is 0 Å². The second-order valence-electron chi connectivity index (χ2n) is 6.17. The Morgan fingerprint density at radius 1 is 0.867 bits per heavy atom. The number of anilines is 1. The first-order valence-corrected chi connectivity index (χ1v) is 9.24. The number of ether oxygens (including phenoxy) is 3. The van der Waals surface area contributed by atoms with Gasteiger partial charge in [-0.15, -0.1) is 0 Å². The summed E-state index contributed by atoms with van der Waals surface area (Å²) in [5.74, 6) is 1.01. The lowest BCUT2D eigenvalue weighted by Gasteiger charge is -2.08. The molecule has 1 N–H and O–H groups in total. The SMILES string of the molecule is COc1ccc(C=CC(=O)Oc2ccc(C=NNc3ccccc3)cc2OC)cc1. The predicted octanol–water partition coefficient (Wildman–Crippen LogP) is 4.77. The molecule has 0 aliphatic heterocycles. The van der Waals surface area contributed by atoms with Crippen molar-refractivity contribution in [1.29, 1.82) is 0 Å². The van der Waals surface area contributed by atoms with Gasteiger partial charge >= 0.3 is 5.97 Å². The van der Waals surface area contributed by atoms with Crippen LogP contribution in [0.2, 0.25) is 0 Å². The Labute approximate surface area is 175 Å². The summed E-state index contributed by atoms with van der Waals surface area (Å²) in [6.07, 6.45) is 4.69. The Balaban J connectivity index is 1.62. The van der Waals surface area contributed by atoms with E-state index in [0.29, 0.717) is 11.5 Å². The van der Waals surface area contributed by atoms with Crippen LogP contribution in [-0.2, 0) is 4.79 Å². The Morgan fingerprint density at radius 2 is 1.60 bits per heavy atom. The summed E-state index contributed by atoms with van der Waals surface area (Å²) in [5, 5.41) is 4.19. The number of hydrazone groups is 1. The van der Waals surface area contributed by atoms with Gasteiger partial charge in [0.05, 0.1) is 26.1 Å². The van der Waals surface area contributed by atoms with Crippen molar-refractivity contribution in [3.8, 4) is 17.2 Å². The van der Waals surface area contributed by atoms with E-state index in [2.05, 4.69) is 10.5 Å². The van der Waals surface area contributed by atoms with E-state index in [1.165, 1.54) is 13.2 Å². The highest BCUT2D eigenvalue weighted by Crippen LogP contribution is 2.28. The zero-order valence-corrected chi connectivity index (χ0v) is 16.7. The first-order chi connectivity index (χ1) is 14.7. The van der Waals surface area contributed by atoms with Gasteiger partial charge in [0.15, 0.2) is 11.5 Å². The molecular weight excluding hydrogens is 380 g/mol. The molecule has 0 atom stereocenters. The number of hydrogen-bond donors (Lipinski definition) is 1. The number of carbonyl (C=O) groups is 1. The summed E-state index contributed by atoms with van der Waals surface area (Å²) >= 11 is 0. The summed E-state index contributed by atoms with van der Waals surface area (Å²) in [6.45, 7) is 0. The van der Waals surface area contributed by atoms with Crippen LogP contribution >= 0.6 is 0 Å². The Hall–Kier alpha value is -4.06. The molecule has 30 heavy (non-hydrogen) atoms. The largest absolute Gasteiger partial charge is 0.497 e. The van der Waals surface area contributed by atoms with Crippen LogP contribution in [0.4, 0.5) is 5.69 Å². The van der Waals surface area contributed by atoms with Crippen LogP contribution in [0.25, 0.3) is 6.08 Å². The topological polar surface area (TPSA) is 69.2 Å². The maximum absolute atomic E-state index is 12.2. The van der Waals surface area contributed by atoms with E-state index >= 15 is 0 Å². The lowest BCUT2D eigenvalue weighted by atomic mass is 10.2. The van der Waals surface area contributed by atoms with E-state index in [0.717, 1.165) is 22.6 Å². The molecule has 6 nitrogen and oxygen atoms in total. The molecule has 0 bridgehead atoms. The van der Waals surface area contributed by atoms with E-state index in [-0.39, 0.29) is 0 Å². The molecule has 3 rings (SSSR count). The fourth-order valence-electron chi connectivity index (χ4n) is 2.56. The minimum Gasteiger partial charge on any atom is -0.497 e. The van der Waals surface area contributed by atoms with Crippen LogP contribution in [-0.4, -0.2) is 26.4 Å². The van der Waals surface area contributed by atoms with Crippen molar-refractivity contribution in [2.75, 3.05) is 19.6 Å². The number of hydrogen-bond acceptors (Lipinski definition) is 6. The second-order valence-corrected chi connectivity index (χ2v) is 6.17. The molecule has 152 valence electrons. The highest BCUT2D eigenvalue weighted by Gasteiger charge is 2.08. The summed E-state index contributed by atoms with van der Waals surface area (Å²) in [4.78, 5) is 12.2. The molecule has 0 saturated carbocycles. The van der Waals surface area contributed by atoms with E-state index in [4.69, 9.17) is 14.2 Å². The molecule has 0 amide bonds. The Kier molecular flexibility index (Phi) is 7.22. The van der Waals surface area contributed by atoms with Crippen molar-refractivity contribution in [2.24, 2.45) is 5.10 Å². The first kappa shape index (κ1) is 20.7. The average Bonchev–Trinajstić information content (AvgIpc) is 2.79. The smallest absolute Gasteiger partial charge is 0.336 e. The average molecular weight is 402 g/mol. The normalized spacial score (nSPS) is 10.9. The van der Waals surface area contributed by atoms with Crippen molar-refractivity contribution < 1.29 is 19.0 Å². The molecule has 0 aliphatic carbocycles. The van der Waals surface area contributed by atoms with Gasteiger partial charge in [-0.05, 0) is 59.7 Å². The number of benzene rings is 3. The molecule has 0 radical (unpaired) electrons. The fourth-order valence-corrected chi connectivity index (χ4v) is 2.56. The van der Waals surface area contributed by atoms with Gasteiger partial charge in [0.1, 0.15) is 5.75 Å². The number of esters is 1. The maximum Gasteiger partial charge on any atom is 0.336 e. The maximum atomic E-state index is 12.2. The van der Waals surface area contributed by atoms with Crippen LogP contribution in [0.15, 0.2) is 84.0 Å². The minimum atomic E-state index is -0.503. The van der Waals surface area contributed by atoms with Crippen LogP contribution in [0, 0.1) is 0 Å². The number of nitrogens with one attached hydrogen (secondary N) is 1. The Bertz CT molecular complexity index is 1030. The zero-order valence-electron chi connectivity index (χ0n) is 16.7. The summed E-state index contributed by atoms with van der Waals surface area (Å²) < 4.78 is 15.9.